The van der Waals surface area contributed by atoms with Crippen LogP contribution in [0.15, 0.2) is 15.5 Å². The van der Waals surface area contributed by atoms with E-state index < -0.39 is 0 Å². The lowest BCUT2D eigenvalue weighted by Crippen LogP contribution is -2.26. The predicted octanol–water partition coefficient (Wildman–Crippen LogP) is 3.37. The van der Waals surface area contributed by atoms with Crippen LogP contribution in [0.4, 0.5) is 0 Å². The third-order valence-electron chi connectivity index (χ3n) is 2.47. The van der Waals surface area contributed by atoms with Crippen molar-refractivity contribution in [1.82, 2.24) is 0 Å². The molecule has 0 aliphatic rings. The van der Waals surface area contributed by atoms with Crippen LogP contribution in [0.5, 0.6) is 0 Å². The molecule has 1 aromatic heterocycles. The summed E-state index contributed by atoms with van der Waals surface area (Å²) < 4.78 is 5.56. The van der Waals surface area contributed by atoms with Gasteiger partial charge in [0.05, 0.1) is 6.26 Å². The number of rotatable bonds is 1. The van der Waals surface area contributed by atoms with Gasteiger partial charge in [0.2, 0.25) is 0 Å². The molecule has 0 saturated heterocycles. The maximum Gasteiger partial charge on any atom is 0.191 e. The van der Waals surface area contributed by atoms with Crippen LogP contribution in [0.1, 0.15) is 57.4 Å². The zero-order chi connectivity index (χ0) is 11.8. The summed E-state index contributed by atoms with van der Waals surface area (Å²) in [6.07, 6.45) is 1.56. The van der Waals surface area contributed by atoms with E-state index in [1.807, 2.05) is 34.6 Å². The molecule has 0 fully saturated rings. The first-order valence-electron chi connectivity index (χ1n) is 5.38. The monoisotopic (exact) mass is 208 g/mol. The van der Waals surface area contributed by atoms with E-state index in [2.05, 4.69) is 0 Å². The lowest BCUT2D eigenvalue weighted by molar-refractivity contribution is 0.430. The fourth-order valence-electron chi connectivity index (χ4n) is 1.71. The van der Waals surface area contributed by atoms with Crippen molar-refractivity contribution in [2.45, 2.75) is 52.9 Å². The van der Waals surface area contributed by atoms with E-state index in [0.29, 0.717) is 5.56 Å². The van der Waals surface area contributed by atoms with Crippen molar-refractivity contribution in [2.75, 3.05) is 0 Å². The van der Waals surface area contributed by atoms with Crippen LogP contribution in [0.3, 0.4) is 0 Å². The van der Waals surface area contributed by atoms with Gasteiger partial charge in [-0.15, -0.1) is 0 Å². The SMILES string of the molecule is Cc1coc(C(C)C)c(C(C)(C)C)c1=O. The van der Waals surface area contributed by atoms with Gasteiger partial charge in [0.1, 0.15) is 5.76 Å². The van der Waals surface area contributed by atoms with Gasteiger partial charge in [-0.2, -0.15) is 0 Å². The van der Waals surface area contributed by atoms with Crippen molar-refractivity contribution in [3.8, 4) is 0 Å². The first kappa shape index (κ1) is 12.0. The second-order valence-corrected chi connectivity index (χ2v) is 5.39. The molecule has 0 radical (unpaired) electrons. The molecule has 1 rings (SSSR count). The quantitative estimate of drug-likeness (QED) is 0.708. The highest BCUT2D eigenvalue weighted by atomic mass is 16.3. The molecule has 0 bridgehead atoms. The van der Waals surface area contributed by atoms with Gasteiger partial charge in [0, 0.05) is 17.0 Å². The summed E-state index contributed by atoms with van der Waals surface area (Å²) in [5.74, 6) is 1.06. The average Bonchev–Trinajstić information content (AvgIpc) is 2.06. The Balaban J connectivity index is 3.57. The fourth-order valence-corrected chi connectivity index (χ4v) is 1.71. The molecular weight excluding hydrogens is 188 g/mol. The molecule has 0 aliphatic heterocycles. The molecule has 0 aromatic carbocycles. The van der Waals surface area contributed by atoms with Crippen LogP contribution < -0.4 is 5.43 Å². The normalized spacial score (nSPS) is 12.2. The Morgan fingerprint density at radius 2 is 1.80 bits per heavy atom. The molecule has 2 heteroatoms. The van der Waals surface area contributed by atoms with E-state index in [1.54, 1.807) is 13.2 Å². The first-order chi connectivity index (χ1) is 6.75. The summed E-state index contributed by atoms with van der Waals surface area (Å²) in [7, 11) is 0. The minimum Gasteiger partial charge on any atom is -0.468 e. The molecule has 0 saturated carbocycles. The highest BCUT2D eigenvalue weighted by molar-refractivity contribution is 5.30. The van der Waals surface area contributed by atoms with Gasteiger partial charge in [-0.3, -0.25) is 4.79 Å². The maximum absolute atomic E-state index is 12.1. The summed E-state index contributed by atoms with van der Waals surface area (Å²) in [6, 6.07) is 0. The van der Waals surface area contributed by atoms with E-state index in [9.17, 15) is 4.79 Å². The van der Waals surface area contributed by atoms with Crippen molar-refractivity contribution in [3.63, 3.8) is 0 Å². The highest BCUT2D eigenvalue weighted by Gasteiger charge is 2.25. The molecule has 0 aliphatic carbocycles. The van der Waals surface area contributed by atoms with Gasteiger partial charge in [-0.1, -0.05) is 34.6 Å². The molecule has 0 unspecified atom stereocenters. The minimum atomic E-state index is -0.161. The lowest BCUT2D eigenvalue weighted by atomic mass is 9.83. The van der Waals surface area contributed by atoms with Crippen LogP contribution in [-0.4, -0.2) is 0 Å². The summed E-state index contributed by atoms with van der Waals surface area (Å²) in [4.78, 5) is 12.1. The van der Waals surface area contributed by atoms with Crippen LogP contribution in [-0.2, 0) is 5.41 Å². The largest absolute Gasteiger partial charge is 0.468 e. The molecule has 1 aromatic rings. The van der Waals surface area contributed by atoms with Gasteiger partial charge in [-0.05, 0) is 12.3 Å². The van der Waals surface area contributed by atoms with Crippen LogP contribution in [0.25, 0.3) is 0 Å². The van der Waals surface area contributed by atoms with Gasteiger partial charge >= 0.3 is 0 Å². The maximum atomic E-state index is 12.1. The van der Waals surface area contributed by atoms with Crippen molar-refractivity contribution < 1.29 is 4.42 Å². The lowest BCUT2D eigenvalue weighted by Gasteiger charge is -2.22. The van der Waals surface area contributed by atoms with Crippen LogP contribution in [0.2, 0.25) is 0 Å². The number of aryl methyl sites for hydroxylation is 1. The van der Waals surface area contributed by atoms with E-state index >= 15 is 0 Å². The molecule has 0 N–H and O–H groups in total. The molecule has 0 spiro atoms. The van der Waals surface area contributed by atoms with Crippen molar-refractivity contribution >= 4 is 0 Å². The Hall–Kier alpha value is -1.05. The van der Waals surface area contributed by atoms with E-state index in [1.165, 1.54) is 0 Å². The molecule has 0 amide bonds. The Morgan fingerprint density at radius 1 is 1.27 bits per heavy atom. The van der Waals surface area contributed by atoms with Gasteiger partial charge in [0.15, 0.2) is 5.43 Å². The zero-order valence-electron chi connectivity index (χ0n) is 10.5. The summed E-state index contributed by atoms with van der Waals surface area (Å²) in [5, 5.41) is 0. The predicted molar refractivity (Wildman–Crippen MR) is 62.5 cm³/mol. The Kier molecular flexibility index (Phi) is 3.08. The Morgan fingerprint density at radius 3 is 2.20 bits per heavy atom. The second-order valence-electron chi connectivity index (χ2n) is 5.39. The van der Waals surface area contributed by atoms with Gasteiger partial charge < -0.3 is 4.42 Å². The summed E-state index contributed by atoms with van der Waals surface area (Å²) >= 11 is 0. The Labute approximate surface area is 91.3 Å². The average molecular weight is 208 g/mol. The van der Waals surface area contributed by atoms with Gasteiger partial charge in [0.25, 0.3) is 0 Å². The van der Waals surface area contributed by atoms with Gasteiger partial charge in [-0.25, -0.2) is 0 Å². The van der Waals surface area contributed by atoms with E-state index in [0.717, 1.165) is 11.3 Å². The molecule has 1 heterocycles. The van der Waals surface area contributed by atoms with E-state index in [-0.39, 0.29) is 16.8 Å². The standard InChI is InChI=1S/C13H20O2/c1-8(2)12-10(13(4,5)6)11(14)9(3)7-15-12/h7-8H,1-6H3. The summed E-state index contributed by atoms with van der Waals surface area (Å²) in [5.41, 5.74) is 1.46. The molecule has 84 valence electrons. The summed E-state index contributed by atoms with van der Waals surface area (Å²) in [6.45, 7) is 12.0. The van der Waals surface area contributed by atoms with Crippen LogP contribution in [0, 0.1) is 6.92 Å². The Bertz CT molecular complexity index is 406. The van der Waals surface area contributed by atoms with E-state index in [4.69, 9.17) is 4.42 Å². The van der Waals surface area contributed by atoms with Crippen LogP contribution >= 0.6 is 0 Å². The smallest absolute Gasteiger partial charge is 0.191 e. The molecule has 0 atom stereocenters. The zero-order valence-corrected chi connectivity index (χ0v) is 10.5. The van der Waals surface area contributed by atoms with Crippen molar-refractivity contribution in [1.29, 1.82) is 0 Å². The minimum absolute atomic E-state index is 0.123. The second kappa shape index (κ2) is 3.84. The number of hydrogen-bond acceptors (Lipinski definition) is 2. The van der Waals surface area contributed by atoms with Crippen molar-refractivity contribution in [2.24, 2.45) is 0 Å². The van der Waals surface area contributed by atoms with Crippen molar-refractivity contribution in [3.05, 3.63) is 33.4 Å². The topological polar surface area (TPSA) is 30.2 Å². The third-order valence-corrected chi connectivity index (χ3v) is 2.47. The first-order valence-corrected chi connectivity index (χ1v) is 5.38. The third kappa shape index (κ3) is 2.31. The fraction of sp³-hybridized carbons (Fsp3) is 0.615. The molecular formula is C13H20O2. The highest BCUT2D eigenvalue weighted by Crippen LogP contribution is 2.27. The molecule has 15 heavy (non-hydrogen) atoms. The molecule has 2 nitrogen and oxygen atoms in total. The number of hydrogen-bond donors (Lipinski definition) is 0.